The molecule has 0 aliphatic heterocycles. The molecule has 0 fully saturated rings. The monoisotopic (exact) mass is 277 g/mol. The lowest BCUT2D eigenvalue weighted by Crippen LogP contribution is -1.97. The Morgan fingerprint density at radius 3 is 2.42 bits per heavy atom. The van der Waals surface area contributed by atoms with Crippen molar-refractivity contribution >= 4 is 11.4 Å². The molecule has 0 aromatic heterocycles. The number of hydrogen-bond acceptors (Lipinski definition) is 3. The van der Waals surface area contributed by atoms with Gasteiger partial charge < -0.3 is 8.74 Å². The second-order valence-electron chi connectivity index (χ2n) is 5.06. The second-order valence-corrected chi connectivity index (χ2v) is 5.64. The molecule has 0 bridgehead atoms. The number of aryl methyl sites for hydroxylation is 1. The molecule has 102 valence electrons. The van der Waals surface area contributed by atoms with E-state index in [4.69, 9.17) is 4.18 Å². The standard InChI is InChI=1S/C15H18O3S/c1-9(2)12-6-5-10(3)13-8-15(18-19(16)17)11(4)14(13)7-12/h5-9H,1-4H3,(H,16,17)/p-1. The molecule has 0 heterocycles. The van der Waals surface area contributed by atoms with Crippen LogP contribution in [0.5, 0.6) is 5.75 Å². The van der Waals surface area contributed by atoms with Crippen molar-refractivity contribution < 1.29 is 12.9 Å². The highest BCUT2D eigenvalue weighted by molar-refractivity contribution is 7.74. The van der Waals surface area contributed by atoms with Crippen molar-refractivity contribution in [3.8, 4) is 16.9 Å². The largest absolute Gasteiger partial charge is 0.740 e. The van der Waals surface area contributed by atoms with Crippen molar-refractivity contribution in [2.24, 2.45) is 0 Å². The molecule has 19 heavy (non-hydrogen) atoms. The van der Waals surface area contributed by atoms with Crippen molar-refractivity contribution in [3.63, 3.8) is 0 Å². The van der Waals surface area contributed by atoms with Crippen molar-refractivity contribution in [3.05, 3.63) is 41.0 Å². The topological polar surface area (TPSA) is 49.4 Å². The first kappa shape index (κ1) is 14.0. The summed E-state index contributed by atoms with van der Waals surface area (Å²) in [5.41, 5.74) is 5.27. The average molecular weight is 277 g/mol. The SMILES string of the molecule is Cc1ccc(C(C)C)cc2c(C)c(OS(=O)[O-])cc1-2. The molecule has 1 atom stereocenters. The van der Waals surface area contributed by atoms with E-state index in [2.05, 4.69) is 32.0 Å². The highest BCUT2D eigenvalue weighted by Gasteiger charge is 2.16. The molecular weight excluding hydrogens is 260 g/mol. The lowest BCUT2D eigenvalue weighted by Gasteiger charge is -2.06. The van der Waals surface area contributed by atoms with E-state index in [9.17, 15) is 8.76 Å². The highest BCUT2D eigenvalue weighted by atomic mass is 32.2. The normalized spacial score (nSPS) is 12.9. The molecule has 0 N–H and O–H groups in total. The first-order valence-electron chi connectivity index (χ1n) is 6.21. The van der Waals surface area contributed by atoms with Crippen LogP contribution in [0.15, 0.2) is 24.3 Å². The molecule has 0 aromatic rings. The van der Waals surface area contributed by atoms with E-state index in [1.165, 1.54) is 5.56 Å². The molecule has 0 aromatic carbocycles. The molecule has 0 radical (unpaired) electrons. The Kier molecular flexibility index (Phi) is 3.92. The smallest absolute Gasteiger partial charge is 0.143 e. The van der Waals surface area contributed by atoms with Crippen LogP contribution in [0.3, 0.4) is 0 Å². The molecule has 1 unspecified atom stereocenters. The van der Waals surface area contributed by atoms with E-state index in [0.717, 1.165) is 22.3 Å². The molecule has 0 spiro atoms. The molecule has 0 saturated carbocycles. The van der Waals surface area contributed by atoms with Crippen LogP contribution in [0, 0.1) is 13.8 Å². The molecule has 2 aliphatic rings. The van der Waals surface area contributed by atoms with Crippen LogP contribution in [0.1, 0.15) is 36.5 Å². The molecular formula is C15H17O3S-. The summed E-state index contributed by atoms with van der Waals surface area (Å²) in [6, 6.07) is 8.09. The Labute approximate surface area is 116 Å². The average Bonchev–Trinajstić information content (AvgIpc) is 2.51. The zero-order valence-corrected chi connectivity index (χ0v) is 12.3. The van der Waals surface area contributed by atoms with E-state index in [0.29, 0.717) is 11.7 Å². The third kappa shape index (κ3) is 2.80. The van der Waals surface area contributed by atoms with Gasteiger partial charge in [-0.3, -0.25) is 0 Å². The second kappa shape index (κ2) is 5.31. The Hall–Kier alpha value is -1.39. The van der Waals surface area contributed by atoms with E-state index in [1.807, 2.05) is 13.8 Å². The summed E-state index contributed by atoms with van der Waals surface area (Å²) in [6.45, 7) is 8.18. The van der Waals surface area contributed by atoms with Crippen LogP contribution in [0.2, 0.25) is 0 Å². The van der Waals surface area contributed by atoms with E-state index < -0.39 is 11.4 Å². The fourth-order valence-electron chi connectivity index (χ4n) is 2.21. The van der Waals surface area contributed by atoms with Gasteiger partial charge >= 0.3 is 0 Å². The van der Waals surface area contributed by atoms with Crippen molar-refractivity contribution in [2.45, 2.75) is 33.6 Å². The molecule has 3 nitrogen and oxygen atoms in total. The van der Waals surface area contributed by atoms with Crippen LogP contribution in [-0.4, -0.2) is 8.76 Å². The minimum atomic E-state index is -2.54. The predicted octanol–water partition coefficient (Wildman–Crippen LogP) is 3.70. The van der Waals surface area contributed by atoms with Crippen LogP contribution >= 0.6 is 0 Å². The maximum Gasteiger partial charge on any atom is 0.143 e. The predicted molar refractivity (Wildman–Crippen MR) is 76.2 cm³/mol. The highest BCUT2D eigenvalue weighted by Crippen LogP contribution is 2.39. The third-order valence-corrected chi connectivity index (χ3v) is 3.74. The van der Waals surface area contributed by atoms with E-state index >= 15 is 0 Å². The summed E-state index contributed by atoms with van der Waals surface area (Å²) in [7, 11) is 0. The minimum absolute atomic E-state index is 0.410. The minimum Gasteiger partial charge on any atom is -0.740 e. The zero-order valence-electron chi connectivity index (χ0n) is 11.5. The van der Waals surface area contributed by atoms with Gasteiger partial charge in [-0.05, 0) is 48.1 Å². The van der Waals surface area contributed by atoms with Gasteiger partial charge in [0.15, 0.2) is 0 Å². The van der Waals surface area contributed by atoms with Gasteiger partial charge in [-0.2, -0.15) is 0 Å². The van der Waals surface area contributed by atoms with Crippen LogP contribution in [0.25, 0.3) is 11.1 Å². The fraction of sp³-hybridized carbons (Fsp3) is 0.333. The summed E-state index contributed by atoms with van der Waals surface area (Å²) in [5, 5.41) is 0. The number of rotatable bonds is 3. The molecule has 2 rings (SSSR count). The maximum atomic E-state index is 10.7. The number of hydrogen-bond donors (Lipinski definition) is 0. The Morgan fingerprint density at radius 1 is 1.16 bits per heavy atom. The quantitative estimate of drug-likeness (QED) is 0.804. The maximum absolute atomic E-state index is 10.7. The summed E-state index contributed by atoms with van der Waals surface area (Å²) in [6.07, 6.45) is 0. The van der Waals surface area contributed by atoms with Crippen LogP contribution in [-0.2, 0) is 11.4 Å². The summed E-state index contributed by atoms with van der Waals surface area (Å²) < 4.78 is 26.2. The van der Waals surface area contributed by atoms with Gasteiger partial charge in [-0.25, -0.2) is 4.21 Å². The molecule has 4 heteroatoms. The van der Waals surface area contributed by atoms with E-state index in [-0.39, 0.29) is 0 Å². The lowest BCUT2D eigenvalue weighted by atomic mass is 10.0. The van der Waals surface area contributed by atoms with Gasteiger partial charge in [0, 0.05) is 5.56 Å². The van der Waals surface area contributed by atoms with Gasteiger partial charge in [0.05, 0.1) is 0 Å². The molecule has 0 saturated heterocycles. The lowest BCUT2D eigenvalue weighted by molar-refractivity contribution is 0.440. The van der Waals surface area contributed by atoms with Gasteiger partial charge in [-0.1, -0.05) is 32.0 Å². The Bertz CT molecular complexity index is 605. The Morgan fingerprint density at radius 2 is 1.84 bits per heavy atom. The Balaban J connectivity index is 2.67. The number of fused-ring (bicyclic) bond motifs is 1. The summed E-state index contributed by atoms with van der Waals surface area (Å²) in [4.78, 5) is 0. The first-order chi connectivity index (χ1) is 8.90. The van der Waals surface area contributed by atoms with Crippen molar-refractivity contribution in [1.82, 2.24) is 0 Å². The van der Waals surface area contributed by atoms with Gasteiger partial charge in [0.2, 0.25) is 0 Å². The van der Waals surface area contributed by atoms with Crippen LogP contribution in [0.4, 0.5) is 0 Å². The summed E-state index contributed by atoms with van der Waals surface area (Å²) >= 11 is -2.54. The van der Waals surface area contributed by atoms with Gasteiger partial charge in [0.1, 0.15) is 17.1 Å². The first-order valence-corrected chi connectivity index (χ1v) is 7.21. The van der Waals surface area contributed by atoms with Gasteiger partial charge in [-0.15, -0.1) is 0 Å². The van der Waals surface area contributed by atoms with Gasteiger partial charge in [0.25, 0.3) is 0 Å². The summed E-state index contributed by atoms with van der Waals surface area (Å²) in [5.74, 6) is 0.828. The zero-order chi connectivity index (χ0) is 14.2. The van der Waals surface area contributed by atoms with Crippen molar-refractivity contribution in [1.29, 1.82) is 0 Å². The molecule has 2 aliphatic carbocycles. The van der Waals surface area contributed by atoms with Crippen molar-refractivity contribution in [2.75, 3.05) is 0 Å². The van der Waals surface area contributed by atoms with E-state index in [1.54, 1.807) is 6.07 Å². The fourth-order valence-corrected chi connectivity index (χ4v) is 2.53. The van der Waals surface area contributed by atoms with Crippen LogP contribution < -0.4 is 4.18 Å². The molecule has 0 amide bonds. The third-order valence-electron chi connectivity index (χ3n) is 3.43.